The zero-order chi connectivity index (χ0) is 21.5. The summed E-state index contributed by atoms with van der Waals surface area (Å²) in [5, 5.41) is 2.94. The van der Waals surface area contributed by atoms with Gasteiger partial charge in [-0.25, -0.2) is 4.98 Å². The molecular formula is C24H28N2O4. The van der Waals surface area contributed by atoms with Crippen LogP contribution in [0.4, 0.5) is 0 Å². The maximum atomic E-state index is 12.2. The maximum absolute atomic E-state index is 12.2. The first-order valence-corrected chi connectivity index (χ1v) is 10.00. The van der Waals surface area contributed by atoms with Crippen molar-refractivity contribution in [3.8, 4) is 22.8 Å². The monoisotopic (exact) mass is 408 g/mol. The number of hydrogen-bond acceptors (Lipinski definition) is 5. The number of benzene rings is 2. The van der Waals surface area contributed by atoms with Gasteiger partial charge in [0, 0.05) is 24.9 Å². The van der Waals surface area contributed by atoms with Crippen molar-refractivity contribution in [2.45, 2.75) is 33.1 Å². The summed E-state index contributed by atoms with van der Waals surface area (Å²) < 4.78 is 16.4. The van der Waals surface area contributed by atoms with Crippen LogP contribution < -0.4 is 14.8 Å². The summed E-state index contributed by atoms with van der Waals surface area (Å²) >= 11 is 0. The highest BCUT2D eigenvalue weighted by molar-refractivity contribution is 5.76. The van der Waals surface area contributed by atoms with Crippen LogP contribution in [0.3, 0.4) is 0 Å². The first-order valence-electron chi connectivity index (χ1n) is 10.00. The number of methoxy groups -OCH3 is 2. The normalized spacial score (nSPS) is 10.7. The summed E-state index contributed by atoms with van der Waals surface area (Å²) in [7, 11) is 3.22. The second-order valence-electron chi connectivity index (χ2n) is 7.21. The molecule has 6 nitrogen and oxygen atoms in total. The van der Waals surface area contributed by atoms with E-state index in [2.05, 4.69) is 36.3 Å². The van der Waals surface area contributed by atoms with Gasteiger partial charge in [0.15, 0.2) is 23.1 Å². The lowest BCUT2D eigenvalue weighted by Crippen LogP contribution is -2.25. The van der Waals surface area contributed by atoms with E-state index in [1.54, 1.807) is 20.4 Å². The summed E-state index contributed by atoms with van der Waals surface area (Å²) in [5.41, 5.74) is 4.51. The van der Waals surface area contributed by atoms with Crippen LogP contribution in [0.2, 0.25) is 0 Å². The van der Waals surface area contributed by atoms with Crippen LogP contribution in [-0.4, -0.2) is 31.7 Å². The largest absolute Gasteiger partial charge is 0.493 e. The highest BCUT2D eigenvalue weighted by atomic mass is 16.5. The molecule has 0 aliphatic heterocycles. The van der Waals surface area contributed by atoms with Gasteiger partial charge in [0.1, 0.15) is 0 Å². The second kappa shape index (κ2) is 9.96. The van der Waals surface area contributed by atoms with Crippen LogP contribution in [0.5, 0.6) is 11.5 Å². The first-order chi connectivity index (χ1) is 14.5. The van der Waals surface area contributed by atoms with E-state index in [1.807, 2.05) is 24.3 Å². The van der Waals surface area contributed by atoms with E-state index >= 15 is 0 Å². The van der Waals surface area contributed by atoms with Crippen molar-refractivity contribution in [1.82, 2.24) is 10.3 Å². The predicted octanol–water partition coefficient (Wildman–Crippen LogP) is 4.27. The Bertz CT molecular complexity index is 1010. The number of carbonyl (C=O) groups excluding carboxylic acids is 1. The average molecular weight is 408 g/mol. The SMILES string of the molecule is COc1ccc(CCNC(=O)CCc2ncc(-c3ccc(C)c(C)c3)o2)cc1OC. The lowest BCUT2D eigenvalue weighted by molar-refractivity contribution is -0.121. The van der Waals surface area contributed by atoms with Crippen LogP contribution in [0, 0.1) is 13.8 Å². The van der Waals surface area contributed by atoms with Crippen LogP contribution >= 0.6 is 0 Å². The van der Waals surface area contributed by atoms with E-state index in [4.69, 9.17) is 13.9 Å². The topological polar surface area (TPSA) is 73.6 Å². The zero-order valence-corrected chi connectivity index (χ0v) is 18.0. The van der Waals surface area contributed by atoms with Gasteiger partial charge in [-0.15, -0.1) is 0 Å². The molecule has 0 aliphatic carbocycles. The molecule has 6 heteroatoms. The van der Waals surface area contributed by atoms with E-state index in [1.165, 1.54) is 11.1 Å². The molecule has 1 N–H and O–H groups in total. The molecule has 3 aromatic rings. The van der Waals surface area contributed by atoms with E-state index in [9.17, 15) is 4.79 Å². The van der Waals surface area contributed by atoms with Gasteiger partial charge >= 0.3 is 0 Å². The maximum Gasteiger partial charge on any atom is 0.220 e. The quantitative estimate of drug-likeness (QED) is 0.572. The number of nitrogens with one attached hydrogen (secondary N) is 1. The summed E-state index contributed by atoms with van der Waals surface area (Å²) in [4.78, 5) is 16.5. The molecule has 0 radical (unpaired) electrons. The van der Waals surface area contributed by atoms with Crippen LogP contribution in [0.25, 0.3) is 11.3 Å². The molecule has 0 unspecified atom stereocenters. The van der Waals surface area contributed by atoms with Crippen molar-refractivity contribution >= 4 is 5.91 Å². The molecule has 0 bridgehead atoms. The number of oxazole rings is 1. The number of aromatic nitrogens is 1. The Morgan fingerprint density at radius 2 is 1.80 bits per heavy atom. The molecule has 158 valence electrons. The lowest BCUT2D eigenvalue weighted by atomic mass is 10.1. The third-order valence-electron chi connectivity index (χ3n) is 5.09. The summed E-state index contributed by atoms with van der Waals surface area (Å²) in [6, 6.07) is 11.9. The third kappa shape index (κ3) is 5.41. The number of nitrogens with zero attached hydrogens (tertiary/aromatic N) is 1. The minimum atomic E-state index is -0.0265. The number of aryl methyl sites for hydroxylation is 3. The van der Waals surface area contributed by atoms with E-state index in [-0.39, 0.29) is 5.91 Å². The van der Waals surface area contributed by atoms with Gasteiger partial charge in [-0.2, -0.15) is 0 Å². The molecule has 1 heterocycles. The van der Waals surface area contributed by atoms with Gasteiger partial charge in [-0.1, -0.05) is 18.2 Å². The Balaban J connectivity index is 1.46. The summed E-state index contributed by atoms with van der Waals surface area (Å²) in [6.45, 7) is 4.70. The minimum absolute atomic E-state index is 0.0265. The Labute approximate surface area is 177 Å². The summed E-state index contributed by atoms with van der Waals surface area (Å²) in [6.07, 6.45) is 3.22. The first kappa shape index (κ1) is 21.4. The van der Waals surface area contributed by atoms with Crippen molar-refractivity contribution in [1.29, 1.82) is 0 Å². The second-order valence-corrected chi connectivity index (χ2v) is 7.21. The zero-order valence-electron chi connectivity index (χ0n) is 18.0. The van der Waals surface area contributed by atoms with E-state index < -0.39 is 0 Å². The molecule has 0 aliphatic rings. The lowest BCUT2D eigenvalue weighted by Gasteiger charge is -2.10. The van der Waals surface area contributed by atoms with Crippen molar-refractivity contribution < 1.29 is 18.7 Å². The van der Waals surface area contributed by atoms with Crippen molar-refractivity contribution in [3.05, 3.63) is 65.2 Å². The molecule has 30 heavy (non-hydrogen) atoms. The molecule has 0 spiro atoms. The van der Waals surface area contributed by atoms with Gasteiger partial charge < -0.3 is 19.2 Å². The molecule has 0 fully saturated rings. The fourth-order valence-electron chi connectivity index (χ4n) is 3.15. The highest BCUT2D eigenvalue weighted by Gasteiger charge is 2.10. The number of rotatable bonds is 9. The fraction of sp³-hybridized carbons (Fsp3) is 0.333. The number of hydrogen-bond donors (Lipinski definition) is 1. The van der Waals surface area contributed by atoms with Crippen LogP contribution in [0.15, 0.2) is 47.0 Å². The van der Waals surface area contributed by atoms with E-state index in [0.717, 1.165) is 16.9 Å². The molecule has 0 atom stereocenters. The third-order valence-corrected chi connectivity index (χ3v) is 5.09. The minimum Gasteiger partial charge on any atom is -0.493 e. The number of carbonyl (C=O) groups is 1. The predicted molar refractivity (Wildman–Crippen MR) is 116 cm³/mol. The van der Waals surface area contributed by atoms with Gasteiger partial charge in [0.2, 0.25) is 5.91 Å². The molecule has 3 rings (SSSR count). The molecule has 2 aromatic carbocycles. The van der Waals surface area contributed by atoms with Gasteiger partial charge in [-0.3, -0.25) is 4.79 Å². The Morgan fingerprint density at radius 3 is 2.53 bits per heavy atom. The molecular weight excluding hydrogens is 380 g/mol. The van der Waals surface area contributed by atoms with Gasteiger partial charge in [0.25, 0.3) is 0 Å². The Hall–Kier alpha value is -3.28. The molecule has 1 aromatic heterocycles. The molecule has 0 saturated carbocycles. The number of ether oxygens (including phenoxy) is 2. The Kier molecular flexibility index (Phi) is 7.12. The van der Waals surface area contributed by atoms with Crippen molar-refractivity contribution in [3.63, 3.8) is 0 Å². The van der Waals surface area contributed by atoms with Gasteiger partial charge in [-0.05, 0) is 55.2 Å². The van der Waals surface area contributed by atoms with Crippen LogP contribution in [0.1, 0.15) is 29.0 Å². The standard InChI is InChI=1S/C24H28N2O4/c1-16-5-7-19(13-17(16)2)22-15-26-24(30-22)10-9-23(27)25-12-11-18-6-8-20(28-3)21(14-18)29-4/h5-8,13-15H,9-12H2,1-4H3,(H,25,27). The van der Waals surface area contributed by atoms with Crippen molar-refractivity contribution in [2.24, 2.45) is 0 Å². The van der Waals surface area contributed by atoms with Crippen LogP contribution in [-0.2, 0) is 17.6 Å². The smallest absolute Gasteiger partial charge is 0.220 e. The Morgan fingerprint density at radius 1 is 1.00 bits per heavy atom. The average Bonchev–Trinajstić information content (AvgIpc) is 3.23. The molecule has 0 saturated heterocycles. The van der Waals surface area contributed by atoms with Gasteiger partial charge in [0.05, 0.1) is 20.4 Å². The fourth-order valence-corrected chi connectivity index (χ4v) is 3.15. The summed E-state index contributed by atoms with van der Waals surface area (Å²) in [5.74, 6) is 2.64. The van der Waals surface area contributed by atoms with Crippen molar-refractivity contribution in [2.75, 3.05) is 20.8 Å². The highest BCUT2D eigenvalue weighted by Crippen LogP contribution is 2.27. The number of amides is 1. The molecule has 1 amide bonds. The van der Waals surface area contributed by atoms with E-state index in [0.29, 0.717) is 43.2 Å².